The second-order valence-electron chi connectivity index (χ2n) is 6.13. The lowest BCUT2D eigenvalue weighted by Crippen LogP contribution is -2.36. The lowest BCUT2D eigenvalue weighted by atomic mass is 10.1. The Morgan fingerprint density at radius 3 is 3.05 bits per heavy atom. The molecule has 4 nitrogen and oxygen atoms in total. The molecule has 0 N–H and O–H groups in total. The number of hydrogen-bond acceptors (Lipinski definition) is 4. The van der Waals surface area contributed by atoms with Crippen LogP contribution in [-0.2, 0) is 11.3 Å². The molecule has 1 amide bonds. The van der Waals surface area contributed by atoms with Gasteiger partial charge in [0.2, 0.25) is 5.91 Å². The highest BCUT2D eigenvalue weighted by molar-refractivity contribution is 7.99. The first-order valence-corrected chi connectivity index (χ1v) is 9.31. The zero-order valence-electron chi connectivity index (χ0n) is 13.9. The largest absolute Gasteiger partial charge is 0.341 e. The number of likely N-dealkylation sites (tertiary alicyclic amines) is 1. The van der Waals surface area contributed by atoms with Crippen LogP contribution in [0.2, 0.25) is 0 Å². The van der Waals surface area contributed by atoms with Crippen molar-refractivity contribution in [2.24, 2.45) is 5.92 Å². The average molecular weight is 321 g/mol. The lowest BCUT2D eigenvalue weighted by molar-refractivity contribution is -0.129. The molecular weight excluding hydrogens is 294 g/mol. The predicted octanol–water partition coefficient (Wildman–Crippen LogP) is 2.50. The molecule has 0 aromatic carbocycles. The van der Waals surface area contributed by atoms with Crippen LogP contribution in [0.3, 0.4) is 0 Å². The van der Waals surface area contributed by atoms with Crippen LogP contribution in [0, 0.1) is 5.92 Å². The first-order valence-electron chi connectivity index (χ1n) is 8.03. The van der Waals surface area contributed by atoms with Crippen molar-refractivity contribution in [1.29, 1.82) is 0 Å². The van der Waals surface area contributed by atoms with E-state index in [1.807, 2.05) is 18.5 Å². The van der Waals surface area contributed by atoms with E-state index in [1.165, 1.54) is 5.56 Å². The Labute approximate surface area is 138 Å². The van der Waals surface area contributed by atoms with Gasteiger partial charge >= 0.3 is 0 Å². The van der Waals surface area contributed by atoms with Gasteiger partial charge in [-0.2, -0.15) is 11.8 Å². The minimum atomic E-state index is 0.131. The Kier molecular flexibility index (Phi) is 6.70. The van der Waals surface area contributed by atoms with Gasteiger partial charge in [-0.15, -0.1) is 0 Å². The van der Waals surface area contributed by atoms with Crippen LogP contribution in [0.15, 0.2) is 24.5 Å². The van der Waals surface area contributed by atoms with Crippen molar-refractivity contribution in [2.45, 2.75) is 31.6 Å². The van der Waals surface area contributed by atoms with Gasteiger partial charge in [0.1, 0.15) is 0 Å². The number of nitrogens with zero attached hydrogens (tertiary/aromatic N) is 3. The monoisotopic (exact) mass is 321 g/mol. The number of thioether (sulfide) groups is 1. The van der Waals surface area contributed by atoms with Crippen LogP contribution in [0.25, 0.3) is 0 Å². The first kappa shape index (κ1) is 17.3. The van der Waals surface area contributed by atoms with E-state index in [4.69, 9.17) is 0 Å². The van der Waals surface area contributed by atoms with Crippen molar-refractivity contribution in [1.82, 2.24) is 14.8 Å². The third-order valence-electron chi connectivity index (χ3n) is 4.27. The summed E-state index contributed by atoms with van der Waals surface area (Å²) in [6, 6.07) is 4.09. The van der Waals surface area contributed by atoms with Gasteiger partial charge in [-0.25, -0.2) is 0 Å². The Hall–Kier alpha value is -1.07. The fourth-order valence-corrected chi connectivity index (χ4v) is 3.82. The molecule has 0 radical (unpaired) electrons. The smallest absolute Gasteiger partial charge is 0.235 e. The fourth-order valence-electron chi connectivity index (χ4n) is 3.14. The SMILES string of the molecule is CC[C@H](SC)C(=O)N1CC[C@H](CN(C)Cc2cccnc2)C1. The van der Waals surface area contributed by atoms with E-state index in [1.54, 1.807) is 18.0 Å². The molecule has 2 rings (SSSR count). The van der Waals surface area contributed by atoms with E-state index >= 15 is 0 Å². The minimum Gasteiger partial charge on any atom is -0.341 e. The highest BCUT2D eigenvalue weighted by atomic mass is 32.2. The van der Waals surface area contributed by atoms with Crippen molar-refractivity contribution in [3.05, 3.63) is 30.1 Å². The highest BCUT2D eigenvalue weighted by Gasteiger charge is 2.30. The fraction of sp³-hybridized carbons (Fsp3) is 0.647. The molecule has 2 atom stereocenters. The molecule has 1 fully saturated rings. The first-order chi connectivity index (χ1) is 10.6. The molecule has 1 aromatic heterocycles. The van der Waals surface area contributed by atoms with E-state index in [-0.39, 0.29) is 5.25 Å². The molecule has 1 saturated heterocycles. The zero-order chi connectivity index (χ0) is 15.9. The number of amides is 1. The molecule has 1 aliphatic rings. The lowest BCUT2D eigenvalue weighted by Gasteiger charge is -2.23. The number of pyridine rings is 1. The second kappa shape index (κ2) is 8.53. The molecule has 0 saturated carbocycles. The van der Waals surface area contributed by atoms with Gasteiger partial charge in [-0.05, 0) is 43.7 Å². The zero-order valence-corrected chi connectivity index (χ0v) is 14.7. The van der Waals surface area contributed by atoms with Gasteiger partial charge in [0, 0.05) is 38.6 Å². The molecule has 0 bridgehead atoms. The van der Waals surface area contributed by atoms with E-state index in [0.29, 0.717) is 11.8 Å². The minimum absolute atomic E-state index is 0.131. The molecule has 22 heavy (non-hydrogen) atoms. The molecule has 122 valence electrons. The molecular formula is C17H27N3OS. The molecule has 0 unspecified atom stereocenters. The summed E-state index contributed by atoms with van der Waals surface area (Å²) in [6.45, 7) is 5.87. The topological polar surface area (TPSA) is 36.4 Å². The van der Waals surface area contributed by atoms with Crippen LogP contribution >= 0.6 is 11.8 Å². The summed E-state index contributed by atoms with van der Waals surface area (Å²) in [5.41, 5.74) is 1.24. The number of hydrogen-bond donors (Lipinski definition) is 0. The van der Waals surface area contributed by atoms with Gasteiger partial charge in [-0.3, -0.25) is 9.78 Å². The van der Waals surface area contributed by atoms with E-state index in [9.17, 15) is 4.79 Å². The van der Waals surface area contributed by atoms with Crippen LogP contribution in [-0.4, -0.2) is 58.9 Å². The summed E-state index contributed by atoms with van der Waals surface area (Å²) in [4.78, 5) is 21.0. The number of carbonyl (C=O) groups is 1. The molecule has 0 aliphatic carbocycles. The van der Waals surface area contributed by atoms with Crippen LogP contribution < -0.4 is 0 Å². The molecule has 1 aromatic rings. The number of rotatable bonds is 7. The summed E-state index contributed by atoms with van der Waals surface area (Å²) >= 11 is 1.67. The van der Waals surface area contributed by atoms with Crippen molar-refractivity contribution >= 4 is 17.7 Å². The Morgan fingerprint density at radius 2 is 2.41 bits per heavy atom. The molecule has 1 aliphatic heterocycles. The van der Waals surface area contributed by atoms with E-state index in [0.717, 1.165) is 39.0 Å². The Balaban J connectivity index is 1.79. The standard InChI is InChI=1S/C17H27N3OS/c1-4-16(22-3)17(21)20-9-7-15(13-20)12-19(2)11-14-6-5-8-18-10-14/h5-6,8,10,15-16H,4,7,9,11-13H2,1-3H3/t15-,16+/m1/s1. The quantitative estimate of drug-likeness (QED) is 0.773. The van der Waals surface area contributed by atoms with Gasteiger partial charge in [0.25, 0.3) is 0 Å². The third kappa shape index (κ3) is 4.71. The molecule has 2 heterocycles. The number of carbonyl (C=O) groups excluding carboxylic acids is 1. The summed E-state index contributed by atoms with van der Waals surface area (Å²) in [5, 5.41) is 0.131. The normalized spacial score (nSPS) is 19.6. The second-order valence-corrected chi connectivity index (χ2v) is 7.17. The van der Waals surface area contributed by atoms with Gasteiger partial charge < -0.3 is 9.80 Å². The van der Waals surface area contributed by atoms with Crippen molar-refractivity contribution in [2.75, 3.05) is 32.9 Å². The van der Waals surface area contributed by atoms with Gasteiger partial charge in [0.15, 0.2) is 0 Å². The third-order valence-corrected chi connectivity index (χ3v) is 5.38. The maximum Gasteiger partial charge on any atom is 0.235 e. The van der Waals surface area contributed by atoms with E-state index < -0.39 is 0 Å². The summed E-state index contributed by atoms with van der Waals surface area (Å²) < 4.78 is 0. The Bertz CT molecular complexity index is 464. The van der Waals surface area contributed by atoms with Crippen LogP contribution in [0.5, 0.6) is 0 Å². The molecule has 5 heteroatoms. The van der Waals surface area contributed by atoms with Crippen molar-refractivity contribution in [3.8, 4) is 0 Å². The highest BCUT2D eigenvalue weighted by Crippen LogP contribution is 2.22. The molecule has 0 spiro atoms. The summed E-state index contributed by atoms with van der Waals surface area (Å²) in [5.74, 6) is 0.914. The van der Waals surface area contributed by atoms with E-state index in [2.05, 4.69) is 34.8 Å². The maximum absolute atomic E-state index is 12.4. The summed E-state index contributed by atoms with van der Waals surface area (Å²) in [6.07, 6.45) is 7.79. The van der Waals surface area contributed by atoms with Gasteiger partial charge in [-0.1, -0.05) is 13.0 Å². The predicted molar refractivity (Wildman–Crippen MR) is 92.9 cm³/mol. The number of aromatic nitrogens is 1. The van der Waals surface area contributed by atoms with Crippen molar-refractivity contribution in [3.63, 3.8) is 0 Å². The Morgan fingerprint density at radius 1 is 1.59 bits per heavy atom. The summed E-state index contributed by atoms with van der Waals surface area (Å²) in [7, 11) is 2.15. The van der Waals surface area contributed by atoms with Gasteiger partial charge in [0.05, 0.1) is 5.25 Å². The van der Waals surface area contributed by atoms with Crippen molar-refractivity contribution < 1.29 is 4.79 Å². The van der Waals surface area contributed by atoms with Crippen LogP contribution in [0.4, 0.5) is 0 Å². The average Bonchev–Trinajstić information content (AvgIpc) is 2.97. The van der Waals surface area contributed by atoms with Crippen LogP contribution in [0.1, 0.15) is 25.3 Å². The maximum atomic E-state index is 12.4.